The minimum absolute atomic E-state index is 0.129. The summed E-state index contributed by atoms with van der Waals surface area (Å²) in [5, 5.41) is 0. The zero-order chi connectivity index (χ0) is 17.2. The van der Waals surface area contributed by atoms with Gasteiger partial charge in [-0.15, -0.1) is 0 Å². The summed E-state index contributed by atoms with van der Waals surface area (Å²) in [4.78, 5) is 0. The second-order valence-corrected chi connectivity index (χ2v) is 9.03. The Morgan fingerprint density at radius 1 is 0.810 bits per heavy atom. The fourth-order valence-corrected chi connectivity index (χ4v) is 3.88. The van der Waals surface area contributed by atoms with E-state index in [4.69, 9.17) is 0 Å². The molecular formula is C21H38. The molecule has 0 bridgehead atoms. The Hall–Kier alpha value is -0.780. The maximum atomic E-state index is 4.25. The quantitative estimate of drug-likeness (QED) is 0.475. The highest BCUT2D eigenvalue weighted by molar-refractivity contribution is 5.48. The van der Waals surface area contributed by atoms with Gasteiger partial charge in [0.25, 0.3) is 0 Å². The second kappa shape index (κ2) is 6.99. The molecule has 0 aliphatic carbocycles. The predicted octanol–water partition coefficient (Wildman–Crippen LogP) is 7.33. The normalized spacial score (nSPS) is 15.8. The van der Waals surface area contributed by atoms with Gasteiger partial charge in [0, 0.05) is 0 Å². The lowest BCUT2D eigenvalue weighted by Crippen LogP contribution is -2.19. The van der Waals surface area contributed by atoms with Crippen LogP contribution in [0.3, 0.4) is 0 Å². The first-order chi connectivity index (χ1) is 9.19. The summed E-state index contributed by atoms with van der Waals surface area (Å²) in [5.41, 5.74) is 7.37. The zero-order valence-corrected chi connectivity index (χ0v) is 16.5. The largest absolute Gasteiger partial charge is 0.0958 e. The first kappa shape index (κ1) is 20.2. The van der Waals surface area contributed by atoms with Gasteiger partial charge in [0.2, 0.25) is 0 Å². The molecule has 0 aliphatic rings. The van der Waals surface area contributed by atoms with Crippen molar-refractivity contribution in [1.29, 1.82) is 0 Å². The highest BCUT2D eigenvalue weighted by Crippen LogP contribution is 2.42. The van der Waals surface area contributed by atoms with E-state index >= 15 is 0 Å². The molecule has 0 aromatic carbocycles. The zero-order valence-electron chi connectivity index (χ0n) is 16.5. The highest BCUT2D eigenvalue weighted by Gasteiger charge is 2.27. The SMILES string of the molecule is C=C(C)/C(=C(C)\C(=C(/C)CC(C)C)C(C)(C)C)C(C)(C)C. The Morgan fingerprint density at radius 2 is 1.19 bits per heavy atom. The van der Waals surface area contributed by atoms with Crippen molar-refractivity contribution in [2.24, 2.45) is 16.7 Å². The molecule has 21 heavy (non-hydrogen) atoms. The summed E-state index contributed by atoms with van der Waals surface area (Å²) in [6.07, 6.45) is 1.16. The first-order valence-corrected chi connectivity index (χ1v) is 8.27. The van der Waals surface area contributed by atoms with E-state index in [1.807, 2.05) is 0 Å². The van der Waals surface area contributed by atoms with E-state index in [9.17, 15) is 0 Å². The summed E-state index contributed by atoms with van der Waals surface area (Å²) in [7, 11) is 0. The minimum atomic E-state index is 0.129. The predicted molar refractivity (Wildman–Crippen MR) is 98.6 cm³/mol. The summed E-state index contributed by atoms with van der Waals surface area (Å²) in [5.74, 6) is 0.693. The highest BCUT2D eigenvalue weighted by atomic mass is 14.3. The molecule has 0 atom stereocenters. The van der Waals surface area contributed by atoms with Crippen LogP contribution in [0, 0.1) is 16.7 Å². The monoisotopic (exact) mass is 290 g/mol. The number of rotatable bonds is 4. The molecule has 0 rings (SSSR count). The number of hydrogen-bond acceptors (Lipinski definition) is 0. The van der Waals surface area contributed by atoms with Crippen LogP contribution in [-0.4, -0.2) is 0 Å². The van der Waals surface area contributed by atoms with E-state index in [0.717, 1.165) is 6.42 Å². The van der Waals surface area contributed by atoms with Gasteiger partial charge >= 0.3 is 0 Å². The molecule has 0 aromatic heterocycles. The molecule has 0 aliphatic heterocycles. The van der Waals surface area contributed by atoms with Gasteiger partial charge in [-0.05, 0) is 60.7 Å². The molecule has 0 saturated heterocycles. The Kier molecular flexibility index (Phi) is 6.73. The van der Waals surface area contributed by atoms with Gasteiger partial charge in [0.1, 0.15) is 0 Å². The maximum absolute atomic E-state index is 4.25. The average Bonchev–Trinajstić information content (AvgIpc) is 2.08. The fourth-order valence-electron chi connectivity index (χ4n) is 3.88. The topological polar surface area (TPSA) is 0 Å². The Bertz CT molecular complexity index is 439. The van der Waals surface area contributed by atoms with Crippen molar-refractivity contribution in [1.82, 2.24) is 0 Å². The van der Waals surface area contributed by atoms with Gasteiger partial charge in [-0.25, -0.2) is 0 Å². The van der Waals surface area contributed by atoms with Crippen LogP contribution < -0.4 is 0 Å². The van der Waals surface area contributed by atoms with Crippen LogP contribution in [0.4, 0.5) is 0 Å². The third kappa shape index (κ3) is 5.85. The van der Waals surface area contributed by atoms with Crippen molar-refractivity contribution in [3.8, 4) is 0 Å². The molecule has 122 valence electrons. The molecule has 0 heteroatoms. The van der Waals surface area contributed by atoms with Crippen LogP contribution in [-0.2, 0) is 0 Å². The molecule has 0 heterocycles. The first-order valence-electron chi connectivity index (χ1n) is 8.27. The van der Waals surface area contributed by atoms with Crippen LogP contribution in [0.2, 0.25) is 0 Å². The van der Waals surface area contributed by atoms with Crippen LogP contribution >= 0.6 is 0 Å². The smallest absolute Gasteiger partial charge is 0.0127 e. The Labute approximate surface area is 134 Å². The molecule has 0 N–H and O–H groups in total. The second-order valence-electron chi connectivity index (χ2n) is 9.03. The van der Waals surface area contributed by atoms with E-state index < -0.39 is 0 Å². The van der Waals surface area contributed by atoms with Gasteiger partial charge in [-0.1, -0.05) is 73.1 Å². The Balaban J connectivity index is 6.38. The molecule has 0 radical (unpaired) electrons. The van der Waals surface area contributed by atoms with Crippen LogP contribution in [0.15, 0.2) is 34.4 Å². The third-order valence-electron chi connectivity index (χ3n) is 3.82. The van der Waals surface area contributed by atoms with Gasteiger partial charge < -0.3 is 0 Å². The molecule has 0 amide bonds. The maximum Gasteiger partial charge on any atom is -0.0127 e. The van der Waals surface area contributed by atoms with Gasteiger partial charge in [-0.3, -0.25) is 0 Å². The van der Waals surface area contributed by atoms with E-state index in [1.165, 1.54) is 27.9 Å². The van der Waals surface area contributed by atoms with E-state index in [1.54, 1.807) is 0 Å². The van der Waals surface area contributed by atoms with Gasteiger partial charge in [0.05, 0.1) is 0 Å². The molecule has 0 saturated carbocycles. The average molecular weight is 291 g/mol. The molecule has 0 aromatic rings. The van der Waals surface area contributed by atoms with Gasteiger partial charge in [0.15, 0.2) is 0 Å². The number of hydrogen-bond donors (Lipinski definition) is 0. The summed E-state index contributed by atoms with van der Waals surface area (Å²) < 4.78 is 0. The molecule has 0 fully saturated rings. The van der Waals surface area contributed by atoms with E-state index in [0.29, 0.717) is 5.92 Å². The van der Waals surface area contributed by atoms with Gasteiger partial charge in [-0.2, -0.15) is 0 Å². The summed E-state index contributed by atoms with van der Waals surface area (Å²) in [6, 6.07) is 0. The summed E-state index contributed by atoms with van der Waals surface area (Å²) in [6.45, 7) is 29.4. The van der Waals surface area contributed by atoms with Crippen molar-refractivity contribution in [2.45, 2.75) is 82.6 Å². The number of allylic oxidation sites excluding steroid dienone is 5. The third-order valence-corrected chi connectivity index (χ3v) is 3.82. The van der Waals surface area contributed by atoms with Crippen molar-refractivity contribution in [3.63, 3.8) is 0 Å². The standard InChI is InChI=1S/C21H38/c1-14(2)13-16(5)19(21(10,11)12)17(6)18(15(3)4)20(7,8)9/h14H,3,13H2,1-2,4-12H3/b18-17+,19-16-. The van der Waals surface area contributed by atoms with E-state index in [2.05, 4.69) is 82.7 Å². The van der Waals surface area contributed by atoms with Crippen LogP contribution in [0.25, 0.3) is 0 Å². The molecule has 0 unspecified atom stereocenters. The molecular weight excluding hydrogens is 252 g/mol. The van der Waals surface area contributed by atoms with Crippen LogP contribution in [0.1, 0.15) is 82.6 Å². The van der Waals surface area contributed by atoms with Crippen molar-refractivity contribution >= 4 is 0 Å². The Morgan fingerprint density at radius 3 is 1.43 bits per heavy atom. The van der Waals surface area contributed by atoms with Crippen molar-refractivity contribution in [3.05, 3.63) is 34.4 Å². The van der Waals surface area contributed by atoms with E-state index in [-0.39, 0.29) is 10.8 Å². The molecule has 0 spiro atoms. The van der Waals surface area contributed by atoms with Crippen LogP contribution in [0.5, 0.6) is 0 Å². The lowest BCUT2D eigenvalue weighted by Gasteiger charge is -2.33. The van der Waals surface area contributed by atoms with Crippen molar-refractivity contribution in [2.75, 3.05) is 0 Å². The summed E-state index contributed by atoms with van der Waals surface area (Å²) >= 11 is 0. The lowest BCUT2D eigenvalue weighted by molar-refractivity contribution is 0.477. The minimum Gasteiger partial charge on any atom is -0.0958 e. The molecule has 0 nitrogen and oxygen atoms in total. The van der Waals surface area contributed by atoms with Crippen molar-refractivity contribution < 1.29 is 0 Å². The lowest BCUT2D eigenvalue weighted by atomic mass is 9.72. The fraction of sp³-hybridized carbons (Fsp3) is 0.714.